The third-order valence-electron chi connectivity index (χ3n) is 1.22. The molecule has 2 heteroatoms. The van der Waals surface area contributed by atoms with Crippen molar-refractivity contribution in [3.8, 4) is 0 Å². The molecular formula is C5H14NP. The largest absolute Gasteiger partial charge is 0.298 e. The fraction of sp³-hybridized carbons (Fsp3) is 1.00. The second-order valence-electron chi connectivity index (χ2n) is 1.68. The molecular weight excluding hydrogens is 105 g/mol. The summed E-state index contributed by atoms with van der Waals surface area (Å²) >= 11 is 0. The summed E-state index contributed by atoms with van der Waals surface area (Å²) in [7, 11) is 2.53. The van der Waals surface area contributed by atoms with Crippen LogP contribution < -0.4 is 5.09 Å². The fourth-order valence-corrected chi connectivity index (χ4v) is 0.996. The van der Waals surface area contributed by atoms with Gasteiger partial charge in [0, 0.05) is 6.04 Å². The number of rotatable bonds is 3. The highest BCUT2D eigenvalue weighted by Crippen LogP contribution is 1.96. The summed E-state index contributed by atoms with van der Waals surface area (Å²) in [6.07, 6.45) is 2.44. The molecule has 0 heterocycles. The van der Waals surface area contributed by atoms with Crippen molar-refractivity contribution < 1.29 is 0 Å². The van der Waals surface area contributed by atoms with Crippen LogP contribution in [-0.4, -0.2) is 6.04 Å². The molecule has 0 bridgehead atoms. The van der Waals surface area contributed by atoms with E-state index in [4.69, 9.17) is 0 Å². The molecule has 1 atom stereocenters. The second kappa shape index (κ2) is 4.55. The van der Waals surface area contributed by atoms with Crippen LogP contribution in [0.25, 0.3) is 0 Å². The molecule has 0 aromatic rings. The highest BCUT2D eigenvalue weighted by Gasteiger charge is 1.94. The van der Waals surface area contributed by atoms with Crippen molar-refractivity contribution in [3.63, 3.8) is 0 Å². The molecule has 0 amide bonds. The average Bonchev–Trinajstić information content (AvgIpc) is 1.72. The molecule has 0 aliphatic carbocycles. The van der Waals surface area contributed by atoms with Gasteiger partial charge in [-0.3, -0.25) is 5.09 Å². The van der Waals surface area contributed by atoms with Gasteiger partial charge in [0.2, 0.25) is 0 Å². The van der Waals surface area contributed by atoms with Gasteiger partial charge < -0.3 is 0 Å². The van der Waals surface area contributed by atoms with Gasteiger partial charge in [-0.2, -0.15) is 0 Å². The van der Waals surface area contributed by atoms with Gasteiger partial charge in [-0.25, -0.2) is 0 Å². The lowest BCUT2D eigenvalue weighted by Crippen LogP contribution is -2.16. The Morgan fingerprint density at radius 1 is 1.43 bits per heavy atom. The van der Waals surface area contributed by atoms with Crippen LogP contribution in [-0.2, 0) is 0 Å². The first-order valence-electron chi connectivity index (χ1n) is 2.81. The second-order valence-corrected chi connectivity index (χ2v) is 2.01. The third kappa shape index (κ3) is 3.02. The molecule has 44 valence electrons. The van der Waals surface area contributed by atoms with Crippen LogP contribution in [0.3, 0.4) is 0 Å². The van der Waals surface area contributed by atoms with Gasteiger partial charge in [0.25, 0.3) is 0 Å². The number of hydrogen-bond donors (Lipinski definition) is 1. The Hall–Kier alpha value is 0.390. The quantitative estimate of drug-likeness (QED) is 0.556. The lowest BCUT2D eigenvalue weighted by molar-refractivity contribution is 0.591. The molecule has 0 aromatic heterocycles. The minimum absolute atomic E-state index is 0.699. The maximum Gasteiger partial charge on any atom is 0.00936 e. The van der Waals surface area contributed by atoms with Crippen LogP contribution in [0.2, 0.25) is 0 Å². The predicted molar refractivity (Wildman–Crippen MR) is 37.2 cm³/mol. The van der Waals surface area contributed by atoms with E-state index in [1.54, 1.807) is 0 Å². The third-order valence-corrected chi connectivity index (χ3v) is 1.69. The van der Waals surface area contributed by atoms with Crippen molar-refractivity contribution in [3.05, 3.63) is 0 Å². The van der Waals surface area contributed by atoms with Crippen molar-refractivity contribution >= 4 is 9.39 Å². The molecule has 0 aliphatic heterocycles. The zero-order valence-electron chi connectivity index (χ0n) is 5.07. The highest BCUT2D eigenvalue weighted by atomic mass is 31.0. The maximum absolute atomic E-state index is 3.12. The number of nitrogens with one attached hydrogen (secondary N) is 1. The van der Waals surface area contributed by atoms with E-state index < -0.39 is 0 Å². The maximum atomic E-state index is 3.12. The first-order valence-corrected chi connectivity index (χ1v) is 3.39. The predicted octanol–water partition coefficient (Wildman–Crippen LogP) is 1.55. The van der Waals surface area contributed by atoms with Gasteiger partial charge in [-0.1, -0.05) is 23.2 Å². The SMILES string of the molecule is CCC(CC)NP. The minimum atomic E-state index is 0.699. The van der Waals surface area contributed by atoms with E-state index in [2.05, 4.69) is 28.3 Å². The summed E-state index contributed by atoms with van der Waals surface area (Å²) in [5.41, 5.74) is 0. The van der Waals surface area contributed by atoms with Crippen LogP contribution in [0.15, 0.2) is 0 Å². The van der Waals surface area contributed by atoms with E-state index in [-0.39, 0.29) is 0 Å². The van der Waals surface area contributed by atoms with E-state index in [1.165, 1.54) is 12.8 Å². The molecule has 0 saturated heterocycles. The summed E-state index contributed by atoms with van der Waals surface area (Å²) in [5, 5.41) is 3.12. The summed E-state index contributed by atoms with van der Waals surface area (Å²) < 4.78 is 0. The molecule has 1 nitrogen and oxygen atoms in total. The first-order chi connectivity index (χ1) is 3.35. The zero-order chi connectivity index (χ0) is 5.70. The summed E-state index contributed by atoms with van der Waals surface area (Å²) in [6, 6.07) is 0.699. The van der Waals surface area contributed by atoms with Crippen molar-refractivity contribution in [2.24, 2.45) is 0 Å². The molecule has 0 aromatic carbocycles. The Balaban J connectivity index is 2.99. The van der Waals surface area contributed by atoms with Gasteiger partial charge in [0.1, 0.15) is 0 Å². The van der Waals surface area contributed by atoms with Gasteiger partial charge >= 0.3 is 0 Å². The van der Waals surface area contributed by atoms with Crippen molar-refractivity contribution in [1.29, 1.82) is 0 Å². The smallest absolute Gasteiger partial charge is 0.00936 e. The molecule has 0 fully saturated rings. The molecule has 0 spiro atoms. The topological polar surface area (TPSA) is 12.0 Å². The molecule has 0 radical (unpaired) electrons. The van der Waals surface area contributed by atoms with E-state index in [0.29, 0.717) is 6.04 Å². The van der Waals surface area contributed by atoms with Crippen LogP contribution >= 0.6 is 9.39 Å². The molecule has 0 saturated carbocycles. The minimum Gasteiger partial charge on any atom is -0.298 e. The zero-order valence-corrected chi connectivity index (χ0v) is 6.22. The fourth-order valence-electron chi connectivity index (χ4n) is 0.524. The van der Waals surface area contributed by atoms with Gasteiger partial charge in [-0.15, -0.1) is 0 Å². The summed E-state index contributed by atoms with van der Waals surface area (Å²) in [5.74, 6) is 0. The Kier molecular flexibility index (Phi) is 4.80. The first kappa shape index (κ1) is 7.39. The summed E-state index contributed by atoms with van der Waals surface area (Å²) in [4.78, 5) is 0. The average molecular weight is 119 g/mol. The molecule has 7 heavy (non-hydrogen) atoms. The van der Waals surface area contributed by atoms with E-state index in [1.807, 2.05) is 0 Å². The molecule has 0 rings (SSSR count). The van der Waals surface area contributed by atoms with E-state index in [9.17, 15) is 0 Å². The van der Waals surface area contributed by atoms with Crippen LogP contribution in [0.5, 0.6) is 0 Å². The van der Waals surface area contributed by atoms with E-state index in [0.717, 1.165) is 0 Å². The van der Waals surface area contributed by atoms with E-state index >= 15 is 0 Å². The molecule has 0 aliphatic rings. The van der Waals surface area contributed by atoms with Crippen LogP contribution in [0.4, 0.5) is 0 Å². The molecule has 1 N–H and O–H groups in total. The Morgan fingerprint density at radius 3 is 1.86 bits per heavy atom. The van der Waals surface area contributed by atoms with Crippen molar-refractivity contribution in [2.45, 2.75) is 32.7 Å². The Morgan fingerprint density at radius 2 is 1.86 bits per heavy atom. The standard InChI is InChI=1S/C5H14NP/c1-3-5(4-2)6-7/h5-6H,3-4,7H2,1-2H3. The monoisotopic (exact) mass is 119 g/mol. The normalized spacial score (nSPS) is 10.3. The van der Waals surface area contributed by atoms with Crippen LogP contribution in [0, 0.1) is 0 Å². The van der Waals surface area contributed by atoms with Crippen molar-refractivity contribution in [2.75, 3.05) is 0 Å². The Labute approximate surface area is 48.1 Å². The lowest BCUT2D eigenvalue weighted by atomic mass is 10.2. The van der Waals surface area contributed by atoms with Gasteiger partial charge in [-0.05, 0) is 12.8 Å². The van der Waals surface area contributed by atoms with Gasteiger partial charge in [0.15, 0.2) is 0 Å². The van der Waals surface area contributed by atoms with Crippen LogP contribution in [0.1, 0.15) is 26.7 Å². The highest BCUT2D eigenvalue weighted by molar-refractivity contribution is 7.13. The Bertz CT molecular complexity index is 29.6. The van der Waals surface area contributed by atoms with Crippen molar-refractivity contribution in [1.82, 2.24) is 5.09 Å². The number of hydrogen-bond acceptors (Lipinski definition) is 1. The lowest BCUT2D eigenvalue weighted by Gasteiger charge is -2.07. The molecule has 1 unspecified atom stereocenters. The summed E-state index contributed by atoms with van der Waals surface area (Å²) in [6.45, 7) is 4.37. The van der Waals surface area contributed by atoms with Gasteiger partial charge in [0.05, 0.1) is 0 Å².